The molecule has 1 aliphatic rings. The molecule has 0 saturated carbocycles. The van der Waals surface area contributed by atoms with Crippen molar-refractivity contribution < 1.29 is 28.8 Å². The molecule has 0 amide bonds. The Kier molecular flexibility index (Phi) is 8.76. The summed E-state index contributed by atoms with van der Waals surface area (Å²) in [5, 5.41) is 11.3. The lowest BCUT2D eigenvalue weighted by Gasteiger charge is -2.32. The first kappa shape index (κ1) is 28.2. The van der Waals surface area contributed by atoms with Gasteiger partial charge in [0.05, 0.1) is 13.2 Å². The lowest BCUT2D eigenvalue weighted by molar-refractivity contribution is 0.0193. The van der Waals surface area contributed by atoms with Gasteiger partial charge in [0, 0.05) is 24.1 Å². The van der Waals surface area contributed by atoms with E-state index in [1.165, 1.54) is 0 Å². The van der Waals surface area contributed by atoms with Gasteiger partial charge in [0.2, 0.25) is 0 Å². The SMILES string of the molecule is COc1cc([C@H]2Oc3cc(OCc4ccccc4)cc(OCc4ccccc4)c3C[C@@H]2O)ccc1OCc1ccccc1. The van der Waals surface area contributed by atoms with Gasteiger partial charge in [-0.05, 0) is 34.4 Å². The van der Waals surface area contributed by atoms with Crippen molar-refractivity contribution in [2.75, 3.05) is 7.11 Å². The summed E-state index contributed by atoms with van der Waals surface area (Å²) < 4.78 is 30.6. The predicted octanol–water partition coefficient (Wildman–Crippen LogP) is 7.47. The van der Waals surface area contributed by atoms with E-state index in [0.29, 0.717) is 55.0 Å². The van der Waals surface area contributed by atoms with Crippen LogP contribution in [0.2, 0.25) is 0 Å². The molecule has 218 valence electrons. The van der Waals surface area contributed by atoms with Crippen LogP contribution >= 0.6 is 0 Å². The van der Waals surface area contributed by atoms with Crippen LogP contribution < -0.4 is 23.7 Å². The molecule has 2 atom stereocenters. The van der Waals surface area contributed by atoms with E-state index in [2.05, 4.69) is 0 Å². The van der Waals surface area contributed by atoms with Crippen LogP contribution in [0.5, 0.6) is 28.7 Å². The minimum atomic E-state index is -0.802. The number of methoxy groups -OCH3 is 1. The number of rotatable bonds is 11. The van der Waals surface area contributed by atoms with Crippen molar-refractivity contribution in [1.29, 1.82) is 0 Å². The highest BCUT2D eigenvalue weighted by molar-refractivity contribution is 5.53. The molecule has 5 aromatic carbocycles. The average molecular weight is 575 g/mol. The van der Waals surface area contributed by atoms with Gasteiger partial charge in [-0.2, -0.15) is 0 Å². The Morgan fingerprint density at radius 3 is 1.77 bits per heavy atom. The number of aliphatic hydroxyl groups excluding tert-OH is 1. The Balaban J connectivity index is 1.25. The minimum Gasteiger partial charge on any atom is -0.493 e. The molecule has 6 nitrogen and oxygen atoms in total. The maximum absolute atomic E-state index is 11.3. The van der Waals surface area contributed by atoms with E-state index >= 15 is 0 Å². The first-order valence-corrected chi connectivity index (χ1v) is 14.4. The Bertz CT molecular complexity index is 1620. The maximum Gasteiger partial charge on any atom is 0.161 e. The van der Waals surface area contributed by atoms with E-state index in [4.69, 9.17) is 23.7 Å². The van der Waals surface area contributed by atoms with Gasteiger partial charge in [-0.1, -0.05) is 97.1 Å². The molecule has 6 heteroatoms. The van der Waals surface area contributed by atoms with Crippen molar-refractivity contribution in [2.45, 2.75) is 38.4 Å². The average Bonchev–Trinajstić information content (AvgIpc) is 3.06. The van der Waals surface area contributed by atoms with Crippen LogP contribution in [0.25, 0.3) is 0 Å². The monoisotopic (exact) mass is 574 g/mol. The molecule has 0 spiro atoms. The van der Waals surface area contributed by atoms with E-state index in [-0.39, 0.29) is 0 Å². The lowest BCUT2D eigenvalue weighted by atomic mass is 9.93. The quantitative estimate of drug-likeness (QED) is 0.177. The van der Waals surface area contributed by atoms with Gasteiger partial charge < -0.3 is 28.8 Å². The summed E-state index contributed by atoms with van der Waals surface area (Å²) in [6, 6.07) is 39.3. The topological polar surface area (TPSA) is 66.4 Å². The fraction of sp³-hybridized carbons (Fsp3) is 0.189. The zero-order valence-electron chi connectivity index (χ0n) is 24.0. The van der Waals surface area contributed by atoms with Gasteiger partial charge in [-0.25, -0.2) is 0 Å². The number of aliphatic hydroxyl groups is 1. The maximum atomic E-state index is 11.3. The number of hydrogen-bond acceptors (Lipinski definition) is 6. The van der Waals surface area contributed by atoms with E-state index in [0.717, 1.165) is 27.8 Å². The second kappa shape index (κ2) is 13.4. The van der Waals surface area contributed by atoms with Crippen molar-refractivity contribution in [3.8, 4) is 28.7 Å². The minimum absolute atomic E-state index is 0.359. The highest BCUT2D eigenvalue weighted by atomic mass is 16.5. The van der Waals surface area contributed by atoms with Crippen molar-refractivity contribution in [3.63, 3.8) is 0 Å². The highest BCUT2D eigenvalue weighted by Crippen LogP contribution is 2.44. The summed E-state index contributed by atoms with van der Waals surface area (Å²) in [6.45, 7) is 1.21. The first-order valence-electron chi connectivity index (χ1n) is 14.4. The van der Waals surface area contributed by atoms with Crippen LogP contribution in [0, 0.1) is 0 Å². The van der Waals surface area contributed by atoms with Crippen LogP contribution in [-0.2, 0) is 26.2 Å². The van der Waals surface area contributed by atoms with Gasteiger partial charge in [0.15, 0.2) is 11.5 Å². The van der Waals surface area contributed by atoms with Crippen LogP contribution in [0.15, 0.2) is 121 Å². The molecule has 0 saturated heterocycles. The van der Waals surface area contributed by atoms with Gasteiger partial charge in [0.25, 0.3) is 0 Å². The third-order valence-electron chi connectivity index (χ3n) is 7.40. The predicted molar refractivity (Wildman–Crippen MR) is 165 cm³/mol. The molecule has 0 unspecified atom stereocenters. The van der Waals surface area contributed by atoms with E-state index in [1.54, 1.807) is 7.11 Å². The van der Waals surface area contributed by atoms with Crippen molar-refractivity contribution >= 4 is 0 Å². The van der Waals surface area contributed by atoms with Crippen molar-refractivity contribution in [2.24, 2.45) is 0 Å². The second-order valence-corrected chi connectivity index (χ2v) is 10.4. The summed E-state index contributed by atoms with van der Waals surface area (Å²) in [6.07, 6.45) is -1.06. The second-order valence-electron chi connectivity index (χ2n) is 10.4. The zero-order chi connectivity index (χ0) is 29.4. The fourth-order valence-corrected chi connectivity index (χ4v) is 5.13. The molecule has 1 N–H and O–H groups in total. The number of hydrogen-bond donors (Lipinski definition) is 1. The van der Waals surface area contributed by atoms with Crippen molar-refractivity contribution in [1.82, 2.24) is 0 Å². The molecule has 0 fully saturated rings. The van der Waals surface area contributed by atoms with Crippen LogP contribution in [0.4, 0.5) is 0 Å². The summed E-state index contributed by atoms with van der Waals surface area (Å²) in [5.74, 6) is 3.07. The van der Waals surface area contributed by atoms with Gasteiger partial charge >= 0.3 is 0 Å². The smallest absolute Gasteiger partial charge is 0.161 e. The molecular formula is C37H34O6. The van der Waals surface area contributed by atoms with E-state index in [9.17, 15) is 5.11 Å². The molecule has 6 rings (SSSR count). The van der Waals surface area contributed by atoms with Crippen LogP contribution in [0.1, 0.15) is 33.9 Å². The number of ether oxygens (including phenoxy) is 5. The Morgan fingerprint density at radius 2 is 1.19 bits per heavy atom. The Hall–Kier alpha value is -4.94. The van der Waals surface area contributed by atoms with Crippen LogP contribution in [-0.4, -0.2) is 18.3 Å². The number of benzene rings is 5. The van der Waals surface area contributed by atoms with E-state index in [1.807, 2.05) is 121 Å². The Labute approximate surface area is 252 Å². The molecular weight excluding hydrogens is 540 g/mol. The third-order valence-corrected chi connectivity index (χ3v) is 7.40. The molecule has 0 aliphatic carbocycles. The summed E-state index contributed by atoms with van der Waals surface area (Å²) >= 11 is 0. The summed E-state index contributed by atoms with van der Waals surface area (Å²) in [7, 11) is 1.61. The normalized spacial score (nSPS) is 15.6. The molecule has 0 radical (unpaired) electrons. The summed E-state index contributed by atoms with van der Waals surface area (Å²) in [4.78, 5) is 0. The van der Waals surface area contributed by atoms with Crippen molar-refractivity contribution in [3.05, 3.63) is 149 Å². The number of fused-ring (bicyclic) bond motifs is 1. The van der Waals surface area contributed by atoms with Gasteiger partial charge in [0.1, 0.15) is 43.2 Å². The summed E-state index contributed by atoms with van der Waals surface area (Å²) in [5.41, 5.74) is 4.75. The molecule has 1 aliphatic heterocycles. The Morgan fingerprint density at radius 1 is 0.628 bits per heavy atom. The molecule has 43 heavy (non-hydrogen) atoms. The molecule has 5 aromatic rings. The molecule has 1 heterocycles. The molecule has 0 aromatic heterocycles. The first-order chi connectivity index (χ1) is 21.2. The van der Waals surface area contributed by atoms with E-state index < -0.39 is 12.2 Å². The zero-order valence-corrected chi connectivity index (χ0v) is 24.0. The fourth-order valence-electron chi connectivity index (χ4n) is 5.13. The van der Waals surface area contributed by atoms with Crippen LogP contribution in [0.3, 0.4) is 0 Å². The highest BCUT2D eigenvalue weighted by Gasteiger charge is 2.33. The standard InChI is InChI=1S/C37H34O6/c1-39-36-19-29(17-18-33(36)41-24-27-13-7-3-8-14-27)37-32(38)22-31-34(42-25-28-15-9-4-10-16-28)20-30(21-35(31)43-37)40-23-26-11-5-2-6-12-26/h2-21,32,37-38H,22-25H2,1H3/t32-,37+/m0/s1. The third kappa shape index (κ3) is 6.93. The van der Waals surface area contributed by atoms with Gasteiger partial charge in [-0.15, -0.1) is 0 Å². The lowest BCUT2D eigenvalue weighted by Crippen LogP contribution is -2.30. The largest absolute Gasteiger partial charge is 0.493 e. The molecule has 0 bridgehead atoms. The van der Waals surface area contributed by atoms with Gasteiger partial charge in [-0.3, -0.25) is 0 Å².